The molecular weight excluding hydrogens is 270 g/mol. The fraction of sp³-hybridized carbons (Fsp3) is 0.600. The summed E-state index contributed by atoms with van der Waals surface area (Å²) >= 11 is 0. The number of hydrogen-bond donors (Lipinski definition) is 1. The van der Waals surface area contributed by atoms with E-state index >= 15 is 0 Å². The van der Waals surface area contributed by atoms with Crippen molar-refractivity contribution in [2.24, 2.45) is 0 Å². The van der Waals surface area contributed by atoms with Crippen LogP contribution in [0.2, 0.25) is 0 Å². The molecule has 6 nitrogen and oxygen atoms in total. The lowest BCUT2D eigenvalue weighted by molar-refractivity contribution is -0.384. The molecular formula is C15H25N3O3. The van der Waals surface area contributed by atoms with Gasteiger partial charge in [0.25, 0.3) is 5.69 Å². The summed E-state index contributed by atoms with van der Waals surface area (Å²) in [6.45, 7) is 8.93. The fourth-order valence-electron chi connectivity index (χ4n) is 2.33. The first-order chi connectivity index (χ1) is 10.0. The van der Waals surface area contributed by atoms with E-state index in [-0.39, 0.29) is 16.7 Å². The van der Waals surface area contributed by atoms with Crippen LogP contribution in [0.25, 0.3) is 0 Å². The number of nitrogens with one attached hydrogen (secondary N) is 1. The molecule has 0 aliphatic carbocycles. The van der Waals surface area contributed by atoms with Crippen LogP contribution in [0, 0.1) is 10.1 Å². The van der Waals surface area contributed by atoms with Crippen LogP contribution in [-0.2, 0) is 11.3 Å². The van der Waals surface area contributed by atoms with E-state index in [0.29, 0.717) is 25.4 Å². The maximum Gasteiger partial charge on any atom is 0.292 e. The molecule has 0 saturated carbocycles. The Hall–Kier alpha value is -1.66. The first-order valence-electron chi connectivity index (χ1n) is 7.27. The third-order valence-corrected chi connectivity index (χ3v) is 3.45. The quantitative estimate of drug-likeness (QED) is 0.560. The van der Waals surface area contributed by atoms with Crippen LogP contribution in [0.3, 0.4) is 0 Å². The monoisotopic (exact) mass is 295 g/mol. The van der Waals surface area contributed by atoms with E-state index in [4.69, 9.17) is 4.74 Å². The molecule has 21 heavy (non-hydrogen) atoms. The van der Waals surface area contributed by atoms with Crippen molar-refractivity contribution in [2.75, 3.05) is 32.1 Å². The van der Waals surface area contributed by atoms with Gasteiger partial charge in [-0.25, -0.2) is 0 Å². The van der Waals surface area contributed by atoms with E-state index in [9.17, 15) is 10.1 Å². The summed E-state index contributed by atoms with van der Waals surface area (Å²) in [6.07, 6.45) is 0. The predicted octanol–water partition coefficient (Wildman–Crippen LogP) is 2.88. The van der Waals surface area contributed by atoms with E-state index in [2.05, 4.69) is 24.1 Å². The molecule has 6 heteroatoms. The van der Waals surface area contributed by atoms with E-state index < -0.39 is 0 Å². The van der Waals surface area contributed by atoms with Gasteiger partial charge in [0.1, 0.15) is 5.69 Å². The zero-order valence-corrected chi connectivity index (χ0v) is 13.3. The topological polar surface area (TPSA) is 67.6 Å². The minimum absolute atomic E-state index is 0.129. The minimum Gasteiger partial charge on any atom is -0.383 e. The molecule has 0 fully saturated rings. The SMILES string of the molecule is CCNc1ccc(CN(CC)C(C)COC)cc1[N+](=O)[O-]. The van der Waals surface area contributed by atoms with E-state index in [1.54, 1.807) is 19.2 Å². The molecule has 1 atom stereocenters. The first kappa shape index (κ1) is 17.4. The Kier molecular flexibility index (Phi) is 7.11. The number of hydrogen-bond acceptors (Lipinski definition) is 5. The third-order valence-electron chi connectivity index (χ3n) is 3.45. The number of methoxy groups -OCH3 is 1. The van der Waals surface area contributed by atoms with Gasteiger partial charge in [0.15, 0.2) is 0 Å². The van der Waals surface area contributed by atoms with Gasteiger partial charge in [0.2, 0.25) is 0 Å². The summed E-state index contributed by atoms with van der Waals surface area (Å²) < 4.78 is 5.18. The second-order valence-corrected chi connectivity index (χ2v) is 5.01. The van der Waals surface area contributed by atoms with Crippen molar-refractivity contribution in [1.82, 2.24) is 4.90 Å². The van der Waals surface area contributed by atoms with Crippen LogP contribution < -0.4 is 5.32 Å². The van der Waals surface area contributed by atoms with Crippen molar-refractivity contribution in [3.05, 3.63) is 33.9 Å². The zero-order valence-electron chi connectivity index (χ0n) is 13.3. The highest BCUT2D eigenvalue weighted by Gasteiger charge is 2.17. The van der Waals surface area contributed by atoms with Gasteiger partial charge in [-0.15, -0.1) is 0 Å². The number of nitro groups is 1. The molecule has 0 aliphatic heterocycles. The fourth-order valence-corrected chi connectivity index (χ4v) is 2.33. The van der Waals surface area contributed by atoms with Gasteiger partial charge in [-0.2, -0.15) is 0 Å². The van der Waals surface area contributed by atoms with Crippen LogP contribution in [0.4, 0.5) is 11.4 Å². The standard InChI is InChI=1S/C15H25N3O3/c1-5-16-14-8-7-13(9-15(14)18(19)20)10-17(6-2)12(3)11-21-4/h7-9,12,16H,5-6,10-11H2,1-4H3. The van der Waals surface area contributed by atoms with Crippen molar-refractivity contribution < 1.29 is 9.66 Å². The van der Waals surface area contributed by atoms with Crippen LogP contribution >= 0.6 is 0 Å². The normalized spacial score (nSPS) is 12.4. The number of ether oxygens (including phenoxy) is 1. The Morgan fingerprint density at radius 3 is 2.67 bits per heavy atom. The molecule has 0 radical (unpaired) electrons. The molecule has 0 heterocycles. The number of anilines is 1. The lowest BCUT2D eigenvalue weighted by atomic mass is 10.1. The summed E-state index contributed by atoms with van der Waals surface area (Å²) in [6, 6.07) is 5.64. The van der Waals surface area contributed by atoms with Crippen LogP contribution in [0.15, 0.2) is 18.2 Å². The molecule has 1 aromatic carbocycles. The molecule has 1 rings (SSSR count). The van der Waals surface area contributed by atoms with Crippen LogP contribution in [0.1, 0.15) is 26.3 Å². The number of benzene rings is 1. The molecule has 0 aliphatic rings. The van der Waals surface area contributed by atoms with E-state index in [1.165, 1.54) is 0 Å². The lowest BCUT2D eigenvalue weighted by Crippen LogP contribution is -2.35. The Labute approximate surface area is 126 Å². The Morgan fingerprint density at radius 1 is 1.43 bits per heavy atom. The number of likely N-dealkylation sites (N-methyl/N-ethyl adjacent to an activating group) is 1. The molecule has 118 valence electrons. The second-order valence-electron chi connectivity index (χ2n) is 5.01. The average Bonchev–Trinajstić information content (AvgIpc) is 2.46. The molecule has 0 amide bonds. The maximum atomic E-state index is 11.2. The smallest absolute Gasteiger partial charge is 0.292 e. The highest BCUT2D eigenvalue weighted by atomic mass is 16.6. The predicted molar refractivity (Wildman–Crippen MR) is 84.7 cm³/mol. The molecule has 0 aromatic heterocycles. The molecule has 1 aromatic rings. The van der Waals surface area contributed by atoms with E-state index in [1.807, 2.05) is 13.0 Å². The minimum atomic E-state index is -0.337. The first-order valence-corrected chi connectivity index (χ1v) is 7.27. The van der Waals surface area contributed by atoms with Gasteiger partial charge < -0.3 is 10.1 Å². The second kappa shape index (κ2) is 8.59. The summed E-state index contributed by atoms with van der Waals surface area (Å²) in [5, 5.41) is 14.2. The molecule has 0 saturated heterocycles. The van der Waals surface area contributed by atoms with Crippen molar-refractivity contribution in [1.29, 1.82) is 0 Å². The Morgan fingerprint density at radius 2 is 2.14 bits per heavy atom. The maximum absolute atomic E-state index is 11.2. The Bertz CT molecular complexity index is 465. The largest absolute Gasteiger partial charge is 0.383 e. The average molecular weight is 295 g/mol. The zero-order chi connectivity index (χ0) is 15.8. The Balaban J connectivity index is 2.92. The van der Waals surface area contributed by atoms with Crippen molar-refractivity contribution in [3.8, 4) is 0 Å². The summed E-state index contributed by atoms with van der Waals surface area (Å²) in [7, 11) is 1.68. The third kappa shape index (κ3) is 4.99. The van der Waals surface area contributed by atoms with E-state index in [0.717, 1.165) is 12.1 Å². The summed E-state index contributed by atoms with van der Waals surface area (Å²) in [5.74, 6) is 0. The van der Waals surface area contributed by atoms with Gasteiger partial charge in [0.05, 0.1) is 11.5 Å². The van der Waals surface area contributed by atoms with Crippen molar-refractivity contribution in [2.45, 2.75) is 33.4 Å². The van der Waals surface area contributed by atoms with Gasteiger partial charge in [0, 0.05) is 32.3 Å². The molecule has 0 spiro atoms. The summed E-state index contributed by atoms with van der Waals surface area (Å²) in [4.78, 5) is 13.1. The molecule has 1 unspecified atom stereocenters. The summed E-state index contributed by atoms with van der Waals surface area (Å²) in [5.41, 5.74) is 1.64. The van der Waals surface area contributed by atoms with Crippen molar-refractivity contribution in [3.63, 3.8) is 0 Å². The van der Waals surface area contributed by atoms with Gasteiger partial charge in [-0.05, 0) is 32.0 Å². The molecule has 0 bridgehead atoms. The lowest BCUT2D eigenvalue weighted by Gasteiger charge is -2.27. The van der Waals surface area contributed by atoms with Gasteiger partial charge in [-0.1, -0.05) is 13.0 Å². The highest BCUT2D eigenvalue weighted by molar-refractivity contribution is 5.62. The number of rotatable bonds is 9. The van der Waals surface area contributed by atoms with Crippen molar-refractivity contribution >= 4 is 11.4 Å². The number of nitrogens with zero attached hydrogens (tertiary/aromatic N) is 2. The number of nitro benzene ring substituents is 1. The molecule has 1 N–H and O–H groups in total. The van der Waals surface area contributed by atoms with Gasteiger partial charge >= 0.3 is 0 Å². The highest BCUT2D eigenvalue weighted by Crippen LogP contribution is 2.26. The van der Waals surface area contributed by atoms with Gasteiger partial charge in [-0.3, -0.25) is 15.0 Å². The van der Waals surface area contributed by atoms with Crippen LogP contribution in [0.5, 0.6) is 0 Å². The van der Waals surface area contributed by atoms with Crippen LogP contribution in [-0.4, -0.2) is 42.7 Å².